The first kappa shape index (κ1) is 17.6. The third-order valence-corrected chi connectivity index (χ3v) is 5.37. The summed E-state index contributed by atoms with van der Waals surface area (Å²) < 4.78 is 18.8. The Morgan fingerprint density at radius 2 is 2.19 bits per heavy atom. The van der Waals surface area contributed by atoms with Gasteiger partial charge < -0.3 is 15.0 Å². The molecule has 0 spiro atoms. The summed E-state index contributed by atoms with van der Waals surface area (Å²) in [6.07, 6.45) is 3.05. The van der Waals surface area contributed by atoms with Crippen molar-refractivity contribution < 1.29 is 13.9 Å². The van der Waals surface area contributed by atoms with Crippen molar-refractivity contribution in [3.8, 4) is 5.75 Å². The number of fused-ring (bicyclic) bond motifs is 3. The monoisotopic (exact) mass is 366 g/mol. The number of methoxy groups -OCH3 is 1. The molecule has 1 aliphatic carbocycles. The molecule has 4 nitrogen and oxygen atoms in total. The minimum absolute atomic E-state index is 0.0647. The average molecular weight is 366 g/mol. The highest BCUT2D eigenvalue weighted by molar-refractivity contribution is 5.87. The molecule has 2 aromatic carbocycles. The number of aromatic nitrogens is 1. The van der Waals surface area contributed by atoms with Crippen LogP contribution in [-0.4, -0.2) is 24.5 Å². The maximum absolute atomic E-state index is 13.6. The summed E-state index contributed by atoms with van der Waals surface area (Å²) in [5.41, 5.74) is 4.30. The molecular weight excluding hydrogens is 343 g/mol. The molecule has 1 atom stereocenters. The molecule has 1 aliphatic rings. The zero-order chi connectivity index (χ0) is 18.8. The number of hydrogen-bond acceptors (Lipinski definition) is 2. The molecule has 1 aromatic heterocycles. The third kappa shape index (κ3) is 3.68. The van der Waals surface area contributed by atoms with E-state index in [-0.39, 0.29) is 17.6 Å². The molecule has 0 saturated carbocycles. The molecule has 1 heterocycles. The van der Waals surface area contributed by atoms with Crippen molar-refractivity contribution >= 4 is 16.8 Å². The van der Waals surface area contributed by atoms with Crippen molar-refractivity contribution in [2.75, 3.05) is 13.7 Å². The lowest BCUT2D eigenvalue weighted by Gasteiger charge is -2.22. The van der Waals surface area contributed by atoms with E-state index in [0.29, 0.717) is 13.0 Å². The van der Waals surface area contributed by atoms with Gasteiger partial charge in [-0.3, -0.25) is 4.79 Å². The number of ether oxygens (including phenoxy) is 1. The van der Waals surface area contributed by atoms with Gasteiger partial charge in [0.05, 0.1) is 7.11 Å². The number of aryl methyl sites for hydroxylation is 1. The van der Waals surface area contributed by atoms with Gasteiger partial charge in [-0.15, -0.1) is 0 Å². The fraction of sp³-hybridized carbons (Fsp3) is 0.318. The second kappa shape index (κ2) is 7.43. The van der Waals surface area contributed by atoms with Crippen LogP contribution in [-0.2, 0) is 24.1 Å². The zero-order valence-electron chi connectivity index (χ0n) is 15.3. The quantitative estimate of drug-likeness (QED) is 0.722. The van der Waals surface area contributed by atoms with Crippen molar-refractivity contribution in [1.82, 2.24) is 10.3 Å². The van der Waals surface area contributed by atoms with Gasteiger partial charge in [0.15, 0.2) is 0 Å². The standard InChI is InChI=1S/C22H23FN2O2/c1-27-17-4-2-3-14(11-17)9-10-24-22(26)15-5-7-20-18(12-15)19-13-16(23)6-8-21(19)25-20/h2-4,6,8,11,13,15,25H,5,7,9-10,12H2,1H3,(H,24,26). The highest BCUT2D eigenvalue weighted by Gasteiger charge is 2.27. The Hall–Kier alpha value is -2.82. The largest absolute Gasteiger partial charge is 0.497 e. The van der Waals surface area contributed by atoms with E-state index in [1.807, 2.05) is 24.3 Å². The number of aromatic amines is 1. The predicted octanol–water partition coefficient (Wildman–Crippen LogP) is 3.78. The van der Waals surface area contributed by atoms with E-state index in [1.54, 1.807) is 19.2 Å². The normalized spacial score (nSPS) is 16.1. The van der Waals surface area contributed by atoms with Gasteiger partial charge in [-0.05, 0) is 67.1 Å². The lowest BCUT2D eigenvalue weighted by Crippen LogP contribution is -2.35. The fourth-order valence-corrected chi connectivity index (χ4v) is 3.92. The summed E-state index contributed by atoms with van der Waals surface area (Å²) in [7, 11) is 1.65. The third-order valence-electron chi connectivity index (χ3n) is 5.37. The first-order valence-electron chi connectivity index (χ1n) is 9.33. The van der Waals surface area contributed by atoms with E-state index in [0.717, 1.165) is 52.7 Å². The van der Waals surface area contributed by atoms with Crippen LogP contribution in [0.25, 0.3) is 10.9 Å². The van der Waals surface area contributed by atoms with Crippen molar-refractivity contribution in [1.29, 1.82) is 0 Å². The van der Waals surface area contributed by atoms with Gasteiger partial charge in [0.1, 0.15) is 11.6 Å². The molecule has 1 amide bonds. The molecule has 4 rings (SSSR count). The van der Waals surface area contributed by atoms with Crippen LogP contribution < -0.4 is 10.1 Å². The Morgan fingerprint density at radius 3 is 3.04 bits per heavy atom. The lowest BCUT2D eigenvalue weighted by molar-refractivity contribution is -0.125. The number of amides is 1. The van der Waals surface area contributed by atoms with Crippen LogP contribution in [0.4, 0.5) is 4.39 Å². The second-order valence-corrected chi connectivity index (χ2v) is 7.10. The van der Waals surface area contributed by atoms with E-state index in [1.165, 1.54) is 6.07 Å². The number of carbonyl (C=O) groups is 1. The summed E-state index contributed by atoms with van der Waals surface area (Å²) in [4.78, 5) is 16.0. The number of nitrogens with one attached hydrogen (secondary N) is 2. The van der Waals surface area contributed by atoms with Crippen molar-refractivity contribution in [2.24, 2.45) is 5.92 Å². The fourth-order valence-electron chi connectivity index (χ4n) is 3.92. The molecule has 0 bridgehead atoms. The maximum atomic E-state index is 13.6. The first-order chi connectivity index (χ1) is 13.1. The average Bonchev–Trinajstić information content (AvgIpc) is 3.05. The molecule has 27 heavy (non-hydrogen) atoms. The minimum Gasteiger partial charge on any atom is -0.497 e. The van der Waals surface area contributed by atoms with Crippen molar-refractivity contribution in [3.05, 3.63) is 65.1 Å². The van der Waals surface area contributed by atoms with Crippen LogP contribution in [0.5, 0.6) is 5.75 Å². The Morgan fingerprint density at radius 1 is 1.30 bits per heavy atom. The minimum atomic E-state index is -0.242. The van der Waals surface area contributed by atoms with Gasteiger partial charge in [-0.25, -0.2) is 4.39 Å². The topological polar surface area (TPSA) is 54.1 Å². The van der Waals surface area contributed by atoms with E-state index in [4.69, 9.17) is 4.74 Å². The van der Waals surface area contributed by atoms with Gasteiger partial charge in [-0.1, -0.05) is 12.1 Å². The molecule has 5 heteroatoms. The summed E-state index contributed by atoms with van der Waals surface area (Å²) in [5.74, 6) is 0.596. The molecule has 0 radical (unpaired) electrons. The van der Waals surface area contributed by atoms with Gasteiger partial charge in [0.25, 0.3) is 0 Å². The summed E-state index contributed by atoms with van der Waals surface area (Å²) in [6, 6.07) is 12.7. The highest BCUT2D eigenvalue weighted by Crippen LogP contribution is 2.32. The van der Waals surface area contributed by atoms with E-state index < -0.39 is 0 Å². The van der Waals surface area contributed by atoms with Crippen LogP contribution >= 0.6 is 0 Å². The van der Waals surface area contributed by atoms with Crippen LogP contribution in [0.2, 0.25) is 0 Å². The number of rotatable bonds is 5. The van der Waals surface area contributed by atoms with Gasteiger partial charge in [0.2, 0.25) is 5.91 Å². The lowest BCUT2D eigenvalue weighted by atomic mass is 9.86. The van der Waals surface area contributed by atoms with Crippen LogP contribution in [0, 0.1) is 11.7 Å². The molecule has 1 unspecified atom stereocenters. The van der Waals surface area contributed by atoms with E-state index >= 15 is 0 Å². The molecule has 3 aromatic rings. The summed E-state index contributed by atoms with van der Waals surface area (Å²) in [6.45, 7) is 0.595. The number of hydrogen-bond donors (Lipinski definition) is 2. The summed E-state index contributed by atoms with van der Waals surface area (Å²) >= 11 is 0. The van der Waals surface area contributed by atoms with E-state index in [2.05, 4.69) is 10.3 Å². The SMILES string of the molecule is COc1cccc(CCNC(=O)C2CCc3[nH]c4ccc(F)cc4c3C2)c1. The van der Waals surface area contributed by atoms with Crippen LogP contribution in [0.15, 0.2) is 42.5 Å². The smallest absolute Gasteiger partial charge is 0.223 e. The van der Waals surface area contributed by atoms with Gasteiger partial charge >= 0.3 is 0 Å². The molecule has 140 valence electrons. The predicted molar refractivity (Wildman–Crippen MR) is 103 cm³/mol. The Labute approximate surface area is 157 Å². The zero-order valence-corrected chi connectivity index (χ0v) is 15.3. The van der Waals surface area contributed by atoms with Crippen molar-refractivity contribution in [3.63, 3.8) is 0 Å². The molecule has 2 N–H and O–H groups in total. The number of carbonyl (C=O) groups excluding carboxylic acids is 1. The first-order valence-corrected chi connectivity index (χ1v) is 9.33. The Bertz CT molecular complexity index is 980. The highest BCUT2D eigenvalue weighted by atomic mass is 19.1. The molecular formula is C22H23FN2O2. The van der Waals surface area contributed by atoms with Crippen molar-refractivity contribution in [2.45, 2.75) is 25.7 Å². The Balaban J connectivity index is 1.39. The molecule has 0 saturated heterocycles. The Kier molecular flexibility index (Phi) is 4.84. The van der Waals surface area contributed by atoms with Gasteiger partial charge in [-0.2, -0.15) is 0 Å². The number of H-pyrrole nitrogens is 1. The summed E-state index contributed by atoms with van der Waals surface area (Å²) in [5, 5.41) is 3.96. The van der Waals surface area contributed by atoms with Crippen LogP contribution in [0.1, 0.15) is 23.2 Å². The van der Waals surface area contributed by atoms with E-state index in [9.17, 15) is 9.18 Å². The number of halogens is 1. The van der Waals surface area contributed by atoms with Gasteiger partial charge in [0, 0.05) is 29.1 Å². The molecule has 0 aliphatic heterocycles. The maximum Gasteiger partial charge on any atom is 0.223 e. The second-order valence-electron chi connectivity index (χ2n) is 7.10. The van der Waals surface area contributed by atoms with Crippen LogP contribution in [0.3, 0.4) is 0 Å². The molecule has 0 fully saturated rings. The number of benzene rings is 2.